The average Bonchev–Trinajstić information content (AvgIpc) is 2.85. The summed E-state index contributed by atoms with van der Waals surface area (Å²) in [5.41, 5.74) is 4.51. The van der Waals surface area contributed by atoms with Gasteiger partial charge in [0.25, 0.3) is 0 Å². The number of ether oxygens (including phenoxy) is 2. The van der Waals surface area contributed by atoms with Gasteiger partial charge in [0.1, 0.15) is 0 Å². The van der Waals surface area contributed by atoms with Gasteiger partial charge in [-0.1, -0.05) is 101 Å². The van der Waals surface area contributed by atoms with Gasteiger partial charge in [-0.25, -0.2) is 0 Å². The summed E-state index contributed by atoms with van der Waals surface area (Å²) >= 11 is 0. The number of hydrogen-bond donors (Lipinski definition) is 0. The minimum Gasteiger partial charge on any atom is -0.541 e. The van der Waals surface area contributed by atoms with Gasteiger partial charge < -0.3 is 14.3 Å². The molecule has 0 amide bonds. The molecular formula is C38H70O3Y-2. The zero-order valence-electron chi connectivity index (χ0n) is 28.8. The van der Waals surface area contributed by atoms with Gasteiger partial charge in [0.2, 0.25) is 0 Å². The third-order valence-corrected chi connectivity index (χ3v) is 4.34. The number of carbonyl (C=O) groups excluding carboxylic acids is 1. The fourth-order valence-electron chi connectivity index (χ4n) is 2.48. The molecule has 0 aromatic heterocycles. The molecule has 245 valence electrons. The second-order valence-corrected chi connectivity index (χ2v) is 12.4. The summed E-state index contributed by atoms with van der Waals surface area (Å²) in [4.78, 5) is 9.70. The minimum absolute atomic E-state index is 0. The fraction of sp³-hybridized carbons (Fsp3) is 0.632. The van der Waals surface area contributed by atoms with Crippen LogP contribution in [0.15, 0.2) is 48.5 Å². The van der Waals surface area contributed by atoms with Crippen molar-refractivity contribution in [2.75, 3.05) is 0 Å². The van der Waals surface area contributed by atoms with E-state index < -0.39 is 0 Å². The summed E-state index contributed by atoms with van der Waals surface area (Å²) in [6.45, 7) is 35.6. The van der Waals surface area contributed by atoms with E-state index in [0.717, 1.165) is 17.9 Å². The predicted octanol–water partition coefficient (Wildman–Crippen LogP) is 11.8. The minimum atomic E-state index is -0.264. The van der Waals surface area contributed by atoms with Crippen LogP contribution in [-0.2, 0) is 66.6 Å². The van der Waals surface area contributed by atoms with Gasteiger partial charge >= 0.3 is 0 Å². The Hall–Kier alpha value is -0.996. The van der Waals surface area contributed by atoms with E-state index in [-0.39, 0.29) is 64.2 Å². The van der Waals surface area contributed by atoms with Crippen LogP contribution >= 0.6 is 0 Å². The molecule has 2 rings (SSSR count). The van der Waals surface area contributed by atoms with E-state index in [1.54, 1.807) is 0 Å². The Morgan fingerprint density at radius 2 is 0.905 bits per heavy atom. The van der Waals surface area contributed by atoms with Gasteiger partial charge in [-0.15, -0.1) is 17.5 Å². The first-order valence-electron chi connectivity index (χ1n) is 14.6. The SMILES string of the molecule is C.C.CC.CC.CC(C)(C)[C-]=O.CC(C)Cc1ccc(COC(C)(C)C)cc1.[CH2-]c1ccc(COC(C)(C)C)cc1.[Y]. The first-order valence-corrected chi connectivity index (χ1v) is 14.6. The quantitative estimate of drug-likeness (QED) is 0.289. The smallest absolute Gasteiger partial charge is 0.0724 e. The van der Waals surface area contributed by atoms with E-state index in [1.165, 1.54) is 16.7 Å². The summed E-state index contributed by atoms with van der Waals surface area (Å²) in [6.07, 6.45) is 3.01. The largest absolute Gasteiger partial charge is 0.541 e. The van der Waals surface area contributed by atoms with Gasteiger partial charge in [0.05, 0.1) is 24.4 Å². The predicted molar refractivity (Wildman–Crippen MR) is 186 cm³/mol. The number of benzene rings is 2. The van der Waals surface area contributed by atoms with E-state index in [4.69, 9.17) is 9.47 Å². The van der Waals surface area contributed by atoms with Crippen LogP contribution in [0.2, 0.25) is 0 Å². The zero-order chi connectivity index (χ0) is 31.3. The molecular weight excluding hydrogens is 593 g/mol. The number of hydrogen-bond acceptors (Lipinski definition) is 3. The fourth-order valence-corrected chi connectivity index (χ4v) is 2.48. The van der Waals surface area contributed by atoms with Crippen LogP contribution in [0.1, 0.15) is 141 Å². The van der Waals surface area contributed by atoms with Gasteiger partial charge in [0.15, 0.2) is 0 Å². The van der Waals surface area contributed by atoms with Gasteiger partial charge in [0, 0.05) is 32.7 Å². The van der Waals surface area contributed by atoms with Crippen molar-refractivity contribution >= 4 is 6.29 Å². The molecule has 0 saturated carbocycles. The summed E-state index contributed by atoms with van der Waals surface area (Å²) < 4.78 is 11.4. The molecule has 0 fully saturated rings. The maximum absolute atomic E-state index is 9.70. The van der Waals surface area contributed by atoms with Crippen molar-refractivity contribution in [2.45, 2.75) is 150 Å². The van der Waals surface area contributed by atoms with Crippen LogP contribution < -0.4 is 0 Å². The van der Waals surface area contributed by atoms with E-state index in [0.29, 0.717) is 13.2 Å². The first-order chi connectivity index (χ1) is 17.9. The van der Waals surface area contributed by atoms with E-state index in [2.05, 4.69) is 86.6 Å². The summed E-state index contributed by atoms with van der Waals surface area (Å²) in [7, 11) is 0. The molecule has 0 heterocycles. The Balaban J connectivity index is -0.000000113. The molecule has 2 aromatic rings. The van der Waals surface area contributed by atoms with Crippen molar-refractivity contribution in [3.05, 3.63) is 77.7 Å². The van der Waals surface area contributed by atoms with Crippen molar-refractivity contribution in [1.29, 1.82) is 0 Å². The molecule has 0 saturated heterocycles. The monoisotopic (exact) mass is 663 g/mol. The molecule has 0 unspecified atom stereocenters. The Bertz CT molecular complexity index is 819. The van der Waals surface area contributed by atoms with Crippen molar-refractivity contribution < 1.29 is 47.0 Å². The summed E-state index contributed by atoms with van der Waals surface area (Å²) in [5, 5.41) is 0. The standard InChI is InChI=1S/C15H24O.C12H17O.C5H9O.2C2H6.2CH4.Y/c1-12(2)10-13-6-8-14(9-7-13)11-16-15(3,4)5;1-10-5-7-11(8-6-10)9-13-12(2,3)4;1-5(2,3)4-6;2*1-2;;;/h6-9,12H,10-11H2,1-5H3;5-8H,1,9H2,2-4H3;1-3H3;2*1-2H3;2*1H4;/q;2*-1;;;;;. The van der Waals surface area contributed by atoms with Crippen LogP contribution in [0.3, 0.4) is 0 Å². The normalized spacial score (nSPS) is 10.1. The van der Waals surface area contributed by atoms with Gasteiger partial charge in [-0.3, -0.25) is 6.29 Å². The topological polar surface area (TPSA) is 35.5 Å². The molecule has 0 aliphatic heterocycles. The first kappa shape index (κ1) is 53.6. The van der Waals surface area contributed by atoms with Crippen LogP contribution in [0, 0.1) is 18.3 Å². The van der Waals surface area contributed by atoms with Crippen LogP contribution in [-0.4, -0.2) is 17.5 Å². The molecule has 0 aliphatic carbocycles. The molecule has 2 aromatic carbocycles. The molecule has 0 atom stereocenters. The average molecular weight is 664 g/mol. The summed E-state index contributed by atoms with van der Waals surface area (Å²) in [6, 6.07) is 16.9. The van der Waals surface area contributed by atoms with Gasteiger partial charge in [-0.2, -0.15) is 24.6 Å². The molecule has 0 N–H and O–H groups in total. The van der Waals surface area contributed by atoms with Crippen molar-refractivity contribution in [2.24, 2.45) is 11.3 Å². The molecule has 0 spiro atoms. The Morgan fingerprint density at radius 3 is 1.14 bits per heavy atom. The maximum Gasteiger partial charge on any atom is 0.0724 e. The van der Waals surface area contributed by atoms with E-state index in [1.807, 2.05) is 79.0 Å². The van der Waals surface area contributed by atoms with Crippen molar-refractivity contribution in [3.8, 4) is 0 Å². The molecule has 4 heteroatoms. The summed E-state index contributed by atoms with van der Waals surface area (Å²) in [5.74, 6) is 0.719. The van der Waals surface area contributed by atoms with Crippen molar-refractivity contribution in [1.82, 2.24) is 0 Å². The Morgan fingerprint density at radius 1 is 0.643 bits per heavy atom. The molecule has 0 bridgehead atoms. The van der Waals surface area contributed by atoms with E-state index in [9.17, 15) is 4.79 Å². The second kappa shape index (κ2) is 28.8. The second-order valence-electron chi connectivity index (χ2n) is 12.4. The third kappa shape index (κ3) is 39.0. The van der Waals surface area contributed by atoms with Crippen LogP contribution in [0.5, 0.6) is 0 Å². The Kier molecular flexibility index (Phi) is 36.7. The maximum atomic E-state index is 9.70. The molecule has 0 aliphatic rings. The Labute approximate surface area is 290 Å². The van der Waals surface area contributed by atoms with Crippen LogP contribution in [0.25, 0.3) is 0 Å². The molecule has 3 nitrogen and oxygen atoms in total. The number of rotatable bonds is 6. The van der Waals surface area contributed by atoms with Crippen LogP contribution in [0.4, 0.5) is 0 Å². The van der Waals surface area contributed by atoms with Gasteiger partial charge in [-0.05, 0) is 70.6 Å². The molecule has 42 heavy (non-hydrogen) atoms. The zero-order valence-corrected chi connectivity index (χ0v) is 31.7. The molecule has 1 radical (unpaired) electrons. The van der Waals surface area contributed by atoms with E-state index >= 15 is 0 Å². The van der Waals surface area contributed by atoms with Crippen molar-refractivity contribution in [3.63, 3.8) is 0 Å². The third-order valence-electron chi connectivity index (χ3n) is 4.34.